The van der Waals surface area contributed by atoms with Gasteiger partial charge in [-0.15, -0.1) is 0 Å². The van der Waals surface area contributed by atoms with Crippen LogP contribution >= 0.6 is 27.7 Å². The zero-order valence-electron chi connectivity index (χ0n) is 10.8. The van der Waals surface area contributed by atoms with Gasteiger partial charge in [0, 0.05) is 17.4 Å². The molecule has 0 spiro atoms. The molecule has 0 aliphatic rings. The number of halogens is 3. The third-order valence-electron chi connectivity index (χ3n) is 2.47. The minimum atomic E-state index is -0.509. The molecule has 0 saturated carbocycles. The van der Waals surface area contributed by atoms with E-state index in [1.165, 1.54) is 12.1 Å². The Morgan fingerprint density at radius 2 is 2.00 bits per heavy atom. The number of hydrogen-bond acceptors (Lipinski definition) is 2. The third kappa shape index (κ3) is 4.21. The number of hydrogen-bond donors (Lipinski definition) is 1. The minimum Gasteiger partial charge on any atom is -0.309 e. The van der Waals surface area contributed by atoms with E-state index >= 15 is 0 Å². The molecule has 0 amide bonds. The van der Waals surface area contributed by atoms with Crippen molar-refractivity contribution in [2.45, 2.75) is 32.1 Å². The molecule has 0 aromatic heterocycles. The van der Waals surface area contributed by atoms with Crippen molar-refractivity contribution in [3.05, 3.63) is 33.8 Å². The lowest BCUT2D eigenvalue weighted by Crippen LogP contribution is -2.25. The molecule has 0 aliphatic carbocycles. The largest absolute Gasteiger partial charge is 0.309 e. The lowest BCUT2D eigenvalue weighted by atomic mass is 10.1. The standard InChI is InChI=1S/C13H18BrF2NS/c1-4-17-11(7-18-8(2)3)12-10(15)6-5-9(14)13(12)16/h5-6,8,11,17H,4,7H2,1-3H3. The maximum Gasteiger partial charge on any atom is 0.145 e. The van der Waals surface area contributed by atoms with E-state index in [1.54, 1.807) is 11.8 Å². The van der Waals surface area contributed by atoms with Gasteiger partial charge in [0.25, 0.3) is 0 Å². The van der Waals surface area contributed by atoms with Crippen LogP contribution in [-0.4, -0.2) is 17.5 Å². The molecule has 1 nitrogen and oxygen atoms in total. The van der Waals surface area contributed by atoms with Crippen molar-refractivity contribution >= 4 is 27.7 Å². The Morgan fingerprint density at radius 3 is 2.56 bits per heavy atom. The molecule has 0 fully saturated rings. The molecule has 0 radical (unpaired) electrons. The van der Waals surface area contributed by atoms with Crippen molar-refractivity contribution in [2.75, 3.05) is 12.3 Å². The van der Waals surface area contributed by atoms with Gasteiger partial charge in [0.05, 0.1) is 4.47 Å². The van der Waals surface area contributed by atoms with Gasteiger partial charge in [-0.05, 0) is 39.9 Å². The van der Waals surface area contributed by atoms with Gasteiger partial charge >= 0.3 is 0 Å². The van der Waals surface area contributed by atoms with E-state index in [2.05, 4.69) is 35.1 Å². The predicted octanol–water partition coefficient (Wildman–Crippen LogP) is 4.52. The Labute approximate surface area is 120 Å². The first-order valence-electron chi connectivity index (χ1n) is 5.95. The lowest BCUT2D eigenvalue weighted by Gasteiger charge is -2.20. The highest BCUT2D eigenvalue weighted by atomic mass is 79.9. The molecule has 1 rings (SSSR count). The van der Waals surface area contributed by atoms with Gasteiger partial charge in [-0.25, -0.2) is 8.78 Å². The first kappa shape index (κ1) is 15.9. The number of rotatable bonds is 6. The van der Waals surface area contributed by atoms with Gasteiger partial charge in [-0.3, -0.25) is 0 Å². The maximum absolute atomic E-state index is 14.0. The second-order valence-electron chi connectivity index (χ2n) is 4.25. The van der Waals surface area contributed by atoms with E-state index in [0.29, 0.717) is 22.0 Å². The van der Waals surface area contributed by atoms with E-state index in [-0.39, 0.29) is 11.6 Å². The molecular weight excluding hydrogens is 320 g/mol. The summed E-state index contributed by atoms with van der Waals surface area (Å²) < 4.78 is 28.1. The molecule has 0 heterocycles. The van der Waals surface area contributed by atoms with Gasteiger partial charge < -0.3 is 5.32 Å². The van der Waals surface area contributed by atoms with Gasteiger partial charge in [0.2, 0.25) is 0 Å². The average molecular weight is 338 g/mol. The van der Waals surface area contributed by atoms with E-state index in [1.807, 2.05) is 6.92 Å². The molecule has 18 heavy (non-hydrogen) atoms. The van der Waals surface area contributed by atoms with Crippen molar-refractivity contribution < 1.29 is 8.78 Å². The van der Waals surface area contributed by atoms with Crippen LogP contribution in [0.3, 0.4) is 0 Å². The van der Waals surface area contributed by atoms with Crippen LogP contribution in [0.15, 0.2) is 16.6 Å². The van der Waals surface area contributed by atoms with E-state index in [9.17, 15) is 8.78 Å². The van der Waals surface area contributed by atoms with Crippen molar-refractivity contribution in [3.63, 3.8) is 0 Å². The van der Waals surface area contributed by atoms with Crippen LogP contribution in [0.25, 0.3) is 0 Å². The van der Waals surface area contributed by atoms with Crippen LogP contribution in [0.2, 0.25) is 0 Å². The third-order valence-corrected chi connectivity index (χ3v) is 4.28. The van der Waals surface area contributed by atoms with E-state index in [4.69, 9.17) is 0 Å². The summed E-state index contributed by atoms with van der Waals surface area (Å²) in [6, 6.07) is 2.39. The summed E-state index contributed by atoms with van der Waals surface area (Å²) in [6.45, 7) is 6.75. The molecule has 1 atom stereocenters. The maximum atomic E-state index is 14.0. The minimum absolute atomic E-state index is 0.124. The van der Waals surface area contributed by atoms with Gasteiger partial charge in [0.1, 0.15) is 11.6 Å². The van der Waals surface area contributed by atoms with Gasteiger partial charge in [-0.1, -0.05) is 20.8 Å². The molecule has 102 valence electrons. The molecule has 1 aromatic rings. The van der Waals surface area contributed by atoms with Crippen molar-refractivity contribution in [2.24, 2.45) is 0 Å². The quantitative estimate of drug-likeness (QED) is 0.766. The predicted molar refractivity (Wildman–Crippen MR) is 78.1 cm³/mol. The van der Waals surface area contributed by atoms with Gasteiger partial charge in [-0.2, -0.15) is 11.8 Å². The Kier molecular flexibility index (Phi) is 6.60. The number of thioether (sulfide) groups is 1. The highest BCUT2D eigenvalue weighted by Crippen LogP contribution is 2.29. The molecule has 1 N–H and O–H groups in total. The highest BCUT2D eigenvalue weighted by Gasteiger charge is 2.21. The first-order valence-corrected chi connectivity index (χ1v) is 7.79. The fourth-order valence-electron chi connectivity index (χ4n) is 1.64. The monoisotopic (exact) mass is 337 g/mol. The highest BCUT2D eigenvalue weighted by molar-refractivity contribution is 9.10. The van der Waals surface area contributed by atoms with E-state index < -0.39 is 11.6 Å². The van der Waals surface area contributed by atoms with Crippen LogP contribution in [0.5, 0.6) is 0 Å². The van der Waals surface area contributed by atoms with Crippen LogP contribution in [0, 0.1) is 11.6 Å². The van der Waals surface area contributed by atoms with Crippen LogP contribution in [-0.2, 0) is 0 Å². The second-order valence-corrected chi connectivity index (χ2v) is 6.71. The van der Waals surface area contributed by atoms with Crippen LogP contribution in [0.4, 0.5) is 8.78 Å². The average Bonchev–Trinajstić information content (AvgIpc) is 2.31. The SMILES string of the molecule is CCNC(CSC(C)C)c1c(F)ccc(Br)c1F. The van der Waals surface area contributed by atoms with E-state index in [0.717, 1.165) is 0 Å². The number of nitrogens with one attached hydrogen (secondary N) is 1. The van der Waals surface area contributed by atoms with Crippen LogP contribution < -0.4 is 5.32 Å². The van der Waals surface area contributed by atoms with Crippen molar-refractivity contribution in [3.8, 4) is 0 Å². The summed E-state index contributed by atoms with van der Waals surface area (Å²) in [5, 5.41) is 3.58. The summed E-state index contributed by atoms with van der Waals surface area (Å²) in [4.78, 5) is 0. The Morgan fingerprint density at radius 1 is 1.33 bits per heavy atom. The topological polar surface area (TPSA) is 12.0 Å². The molecule has 0 aliphatic heterocycles. The second kappa shape index (κ2) is 7.46. The summed E-state index contributed by atoms with van der Waals surface area (Å²) in [5.74, 6) is -0.355. The van der Waals surface area contributed by atoms with Gasteiger partial charge in [0.15, 0.2) is 0 Å². The Balaban J connectivity index is 3.01. The summed E-state index contributed by atoms with van der Waals surface area (Å²) >= 11 is 4.79. The zero-order chi connectivity index (χ0) is 13.7. The van der Waals surface area contributed by atoms with Crippen molar-refractivity contribution in [1.82, 2.24) is 5.32 Å². The molecular formula is C13H18BrF2NS. The van der Waals surface area contributed by atoms with Crippen LogP contribution in [0.1, 0.15) is 32.4 Å². The fraction of sp³-hybridized carbons (Fsp3) is 0.538. The summed E-state index contributed by atoms with van der Waals surface area (Å²) in [6.07, 6.45) is 0. The molecule has 5 heteroatoms. The zero-order valence-corrected chi connectivity index (χ0v) is 13.2. The molecule has 1 unspecified atom stereocenters. The first-order chi connectivity index (χ1) is 8.47. The summed E-state index contributed by atoms with van der Waals surface area (Å²) in [7, 11) is 0. The molecule has 0 saturated heterocycles. The fourth-order valence-corrected chi connectivity index (χ4v) is 2.85. The van der Waals surface area contributed by atoms with Crippen molar-refractivity contribution in [1.29, 1.82) is 0 Å². The normalized spacial score (nSPS) is 13.1. The Hall–Kier alpha value is -0.130. The number of benzene rings is 1. The Bertz CT molecular complexity index is 399. The molecule has 1 aromatic carbocycles. The molecule has 0 bridgehead atoms. The smallest absolute Gasteiger partial charge is 0.145 e. The summed E-state index contributed by atoms with van der Waals surface area (Å²) in [5.41, 5.74) is 0.124. The lowest BCUT2D eigenvalue weighted by molar-refractivity contribution is 0.497.